The van der Waals surface area contributed by atoms with Crippen LogP contribution in [0.25, 0.3) is 0 Å². The third-order valence-electron chi connectivity index (χ3n) is 3.32. The third kappa shape index (κ3) is 4.57. The molecule has 2 heterocycles. The third-order valence-corrected chi connectivity index (χ3v) is 5.04. The first kappa shape index (κ1) is 18.3. The number of carbonyl (C=O) groups is 1. The normalized spacial score (nSPS) is 10.9. The summed E-state index contributed by atoms with van der Waals surface area (Å²) in [7, 11) is 0. The van der Waals surface area contributed by atoms with Gasteiger partial charge in [-0.2, -0.15) is 5.10 Å². The van der Waals surface area contributed by atoms with Gasteiger partial charge in [0, 0.05) is 28.7 Å². The summed E-state index contributed by atoms with van der Waals surface area (Å²) < 4.78 is 0. The van der Waals surface area contributed by atoms with Crippen molar-refractivity contribution in [1.82, 2.24) is 15.4 Å². The summed E-state index contributed by atoms with van der Waals surface area (Å²) in [5.74, 6) is -0.336. The van der Waals surface area contributed by atoms with E-state index in [1.807, 2.05) is 25.1 Å². The van der Waals surface area contributed by atoms with Crippen molar-refractivity contribution in [3.63, 3.8) is 0 Å². The van der Waals surface area contributed by atoms with Crippen LogP contribution in [-0.2, 0) is 0 Å². The molecule has 0 aliphatic carbocycles. The number of anilines is 2. The number of pyridine rings is 1. The summed E-state index contributed by atoms with van der Waals surface area (Å²) in [6.07, 6.45) is 4.52. The van der Waals surface area contributed by atoms with E-state index in [0.717, 1.165) is 11.3 Å². The molecular formula is C17H13Cl2N5OS. The number of aromatic nitrogens is 2. The van der Waals surface area contributed by atoms with Gasteiger partial charge in [0.05, 0.1) is 11.1 Å². The quantitative estimate of drug-likeness (QED) is 0.477. The Bertz CT molecular complexity index is 959. The predicted molar refractivity (Wildman–Crippen MR) is 106 cm³/mol. The number of amides is 1. The average Bonchev–Trinajstić information content (AvgIpc) is 2.98. The lowest BCUT2D eigenvalue weighted by atomic mass is 10.2. The zero-order chi connectivity index (χ0) is 18.5. The van der Waals surface area contributed by atoms with Gasteiger partial charge < -0.3 is 5.32 Å². The van der Waals surface area contributed by atoms with E-state index in [1.165, 1.54) is 29.9 Å². The van der Waals surface area contributed by atoms with Gasteiger partial charge in [0.15, 0.2) is 10.3 Å². The Hall–Kier alpha value is -2.48. The van der Waals surface area contributed by atoms with E-state index < -0.39 is 0 Å². The first-order chi connectivity index (χ1) is 12.5. The Kier molecular flexibility index (Phi) is 5.82. The van der Waals surface area contributed by atoms with E-state index in [1.54, 1.807) is 12.1 Å². The van der Waals surface area contributed by atoms with Crippen molar-refractivity contribution in [3.05, 3.63) is 68.9 Å². The summed E-state index contributed by atoms with van der Waals surface area (Å²) in [6, 6.07) is 8.82. The van der Waals surface area contributed by atoms with Crippen molar-refractivity contribution < 1.29 is 4.79 Å². The number of nitrogens with zero attached hydrogens (tertiary/aromatic N) is 3. The number of halogens is 2. The fourth-order valence-electron chi connectivity index (χ4n) is 1.96. The Balaban J connectivity index is 1.66. The summed E-state index contributed by atoms with van der Waals surface area (Å²) in [5, 5.41) is 8.61. The lowest BCUT2D eigenvalue weighted by Crippen LogP contribution is -2.17. The molecule has 0 unspecified atom stereocenters. The second-order valence-electron chi connectivity index (χ2n) is 5.20. The highest BCUT2D eigenvalue weighted by atomic mass is 35.5. The maximum atomic E-state index is 11.9. The number of hydrogen-bond donors (Lipinski definition) is 2. The zero-order valence-corrected chi connectivity index (χ0v) is 15.9. The number of hydrazone groups is 1. The highest BCUT2D eigenvalue weighted by Crippen LogP contribution is 2.29. The second-order valence-corrected chi connectivity index (χ2v) is 6.99. The van der Waals surface area contributed by atoms with Crippen molar-refractivity contribution in [3.8, 4) is 0 Å². The Morgan fingerprint density at radius 1 is 1.23 bits per heavy atom. The van der Waals surface area contributed by atoms with Crippen LogP contribution in [-0.4, -0.2) is 22.1 Å². The number of nitrogens with one attached hydrogen (secondary N) is 2. The van der Waals surface area contributed by atoms with Crippen LogP contribution in [0, 0.1) is 6.92 Å². The van der Waals surface area contributed by atoms with Gasteiger partial charge in [0.1, 0.15) is 0 Å². The van der Waals surface area contributed by atoms with Gasteiger partial charge in [-0.05, 0) is 36.8 Å². The maximum absolute atomic E-state index is 11.9. The summed E-state index contributed by atoms with van der Waals surface area (Å²) in [5.41, 5.74) is 4.70. The smallest absolute Gasteiger partial charge is 0.271 e. The molecule has 1 aromatic carbocycles. The molecule has 0 saturated carbocycles. The number of thiazole rings is 1. The second kappa shape index (κ2) is 8.27. The topological polar surface area (TPSA) is 79.3 Å². The molecule has 9 heteroatoms. The molecule has 6 nitrogen and oxygen atoms in total. The molecule has 0 bridgehead atoms. The van der Waals surface area contributed by atoms with Crippen LogP contribution >= 0.6 is 34.5 Å². The van der Waals surface area contributed by atoms with Crippen LogP contribution in [0.4, 0.5) is 10.8 Å². The molecule has 0 spiro atoms. The molecule has 3 aromatic rings. The molecule has 1 amide bonds. The van der Waals surface area contributed by atoms with E-state index in [2.05, 4.69) is 25.8 Å². The highest BCUT2D eigenvalue weighted by Gasteiger charge is 2.09. The maximum Gasteiger partial charge on any atom is 0.271 e. The van der Waals surface area contributed by atoms with Crippen LogP contribution < -0.4 is 10.7 Å². The molecule has 0 aliphatic heterocycles. The molecule has 26 heavy (non-hydrogen) atoms. The van der Waals surface area contributed by atoms with E-state index in [4.69, 9.17) is 23.2 Å². The Labute approximate surface area is 163 Å². The zero-order valence-electron chi connectivity index (χ0n) is 13.5. The number of aryl methyl sites for hydroxylation is 1. The van der Waals surface area contributed by atoms with Gasteiger partial charge in [-0.1, -0.05) is 40.6 Å². The minimum atomic E-state index is -0.336. The lowest BCUT2D eigenvalue weighted by Gasteiger charge is -2.04. The van der Waals surface area contributed by atoms with Gasteiger partial charge in [0.2, 0.25) is 0 Å². The molecule has 0 radical (unpaired) electrons. The number of rotatable bonds is 5. The molecule has 0 fully saturated rings. The Morgan fingerprint density at radius 2 is 2.00 bits per heavy atom. The molecule has 132 valence electrons. The molecule has 0 aliphatic rings. The number of hydrogen-bond acceptors (Lipinski definition) is 6. The standard InChI is InChI=1S/C17H13Cl2N5OS/c1-10-2-3-12(8-13(10)18)22-17-23-15(19)14(26-17)9-21-24-16(25)11-4-6-20-7-5-11/h2-9H,1H3,(H,22,23)(H,24,25)/b21-9+. The van der Waals surface area contributed by atoms with Gasteiger partial charge in [0.25, 0.3) is 5.91 Å². The van der Waals surface area contributed by atoms with E-state index >= 15 is 0 Å². The van der Waals surface area contributed by atoms with Gasteiger partial charge >= 0.3 is 0 Å². The van der Waals surface area contributed by atoms with E-state index in [-0.39, 0.29) is 11.1 Å². The molecule has 3 rings (SSSR count). The van der Waals surface area contributed by atoms with Gasteiger partial charge in [-0.3, -0.25) is 9.78 Å². The predicted octanol–water partition coefficient (Wildman–Crippen LogP) is 4.66. The van der Waals surface area contributed by atoms with Gasteiger partial charge in [-0.15, -0.1) is 0 Å². The van der Waals surface area contributed by atoms with Crippen molar-refractivity contribution in [2.24, 2.45) is 5.10 Å². The van der Waals surface area contributed by atoms with Crippen molar-refractivity contribution in [2.45, 2.75) is 6.92 Å². The fraction of sp³-hybridized carbons (Fsp3) is 0.0588. The van der Waals surface area contributed by atoms with Crippen molar-refractivity contribution >= 4 is 57.5 Å². The molecule has 0 atom stereocenters. The van der Waals surface area contributed by atoms with Crippen LogP contribution in [0.1, 0.15) is 20.8 Å². The van der Waals surface area contributed by atoms with Crippen LogP contribution in [0.5, 0.6) is 0 Å². The molecule has 0 saturated heterocycles. The largest absolute Gasteiger partial charge is 0.331 e. The van der Waals surface area contributed by atoms with E-state index in [0.29, 0.717) is 20.6 Å². The van der Waals surface area contributed by atoms with Crippen LogP contribution in [0.15, 0.2) is 47.8 Å². The lowest BCUT2D eigenvalue weighted by molar-refractivity contribution is 0.0955. The van der Waals surface area contributed by atoms with Crippen LogP contribution in [0.2, 0.25) is 10.2 Å². The number of carbonyl (C=O) groups excluding carboxylic acids is 1. The first-order valence-electron chi connectivity index (χ1n) is 7.46. The van der Waals surface area contributed by atoms with Gasteiger partial charge in [-0.25, -0.2) is 10.4 Å². The summed E-state index contributed by atoms with van der Waals surface area (Å²) in [4.78, 5) is 20.6. The average molecular weight is 406 g/mol. The van der Waals surface area contributed by atoms with Crippen LogP contribution in [0.3, 0.4) is 0 Å². The van der Waals surface area contributed by atoms with Crippen molar-refractivity contribution in [1.29, 1.82) is 0 Å². The number of benzene rings is 1. The SMILES string of the molecule is Cc1ccc(Nc2nc(Cl)c(/C=N/NC(=O)c3ccncc3)s2)cc1Cl. The van der Waals surface area contributed by atoms with E-state index in [9.17, 15) is 4.79 Å². The highest BCUT2D eigenvalue weighted by molar-refractivity contribution is 7.17. The monoisotopic (exact) mass is 405 g/mol. The fourth-order valence-corrected chi connectivity index (χ4v) is 3.19. The minimum absolute atomic E-state index is 0.289. The molecular weight excluding hydrogens is 393 g/mol. The Morgan fingerprint density at radius 3 is 2.73 bits per heavy atom. The first-order valence-corrected chi connectivity index (χ1v) is 9.03. The summed E-state index contributed by atoms with van der Waals surface area (Å²) >= 11 is 13.5. The van der Waals surface area contributed by atoms with Crippen molar-refractivity contribution in [2.75, 3.05) is 5.32 Å². The molecule has 2 aromatic heterocycles. The molecule has 2 N–H and O–H groups in total. The summed E-state index contributed by atoms with van der Waals surface area (Å²) in [6.45, 7) is 1.93. The minimum Gasteiger partial charge on any atom is -0.331 e.